The van der Waals surface area contributed by atoms with Crippen LogP contribution in [0.1, 0.15) is 0 Å². The van der Waals surface area contributed by atoms with Gasteiger partial charge in [-0.05, 0) is 0 Å². The average molecular weight is 102 g/mol. The normalized spacial score (nSPS) is 4.50. The highest BCUT2D eigenvalue weighted by molar-refractivity contribution is 6.30. The number of rotatable bonds is 0. The second-order valence-electron chi connectivity index (χ2n) is 0.346. The van der Waals surface area contributed by atoms with Crippen LogP contribution >= 0.6 is 0 Å². The van der Waals surface area contributed by atoms with E-state index in [1.54, 1.807) is 0 Å². The summed E-state index contributed by atoms with van der Waals surface area (Å²) >= 11 is 0. The predicted molar refractivity (Wildman–Crippen MR) is 30.9 cm³/mol. The highest BCUT2D eigenvalue weighted by atomic mass is 24.3. The van der Waals surface area contributed by atoms with E-state index in [9.17, 15) is 0 Å². The highest BCUT2D eigenvalue weighted by Gasteiger charge is 1.92. The van der Waals surface area contributed by atoms with Gasteiger partial charge in [0.25, 0.3) is 0 Å². The van der Waals surface area contributed by atoms with Crippen molar-refractivity contribution >= 4 is 38.8 Å². The molecule has 0 heterocycles. The van der Waals surface area contributed by atoms with Gasteiger partial charge in [-0.3, -0.25) is 0 Å². The Labute approximate surface area is 54.3 Å². The first-order chi connectivity index (χ1) is 1.73. The van der Waals surface area contributed by atoms with Crippen molar-refractivity contribution in [3.8, 4) is 0 Å². The standard InChI is InChI=1S/BH3O3.BH3.Mg.2H/c2-1(3)4;;;;/h2-4H;1H3;;;. The van der Waals surface area contributed by atoms with Crippen LogP contribution in [0.3, 0.4) is 0 Å². The molecule has 0 aromatic heterocycles. The molecule has 0 saturated heterocycles. The van der Waals surface area contributed by atoms with Crippen molar-refractivity contribution in [1.82, 2.24) is 0 Å². The minimum atomic E-state index is -2.17. The largest absolute Gasteiger partial charge is 0.631 e. The molecule has 0 aliphatic carbocycles. The maximum absolute atomic E-state index is 7.17. The van der Waals surface area contributed by atoms with E-state index in [1.807, 2.05) is 0 Å². The molecule has 34 valence electrons. The zero-order valence-corrected chi connectivity index (χ0v) is 1.92. The van der Waals surface area contributed by atoms with Crippen LogP contribution in [-0.2, 0) is 0 Å². The van der Waals surface area contributed by atoms with Crippen molar-refractivity contribution in [3.63, 3.8) is 0 Å². The van der Waals surface area contributed by atoms with Gasteiger partial charge in [0.1, 0.15) is 0 Å². The zero-order chi connectivity index (χ0) is 3.58. The summed E-state index contributed by atoms with van der Waals surface area (Å²) in [6, 6.07) is 0. The Kier molecular flexibility index (Phi) is 24.4. The van der Waals surface area contributed by atoms with E-state index in [0.717, 1.165) is 0 Å². The summed E-state index contributed by atoms with van der Waals surface area (Å²) in [5.41, 5.74) is 0. The molecule has 0 radical (unpaired) electrons. The highest BCUT2D eigenvalue weighted by Crippen LogP contribution is 1.40. The molecular weight excluding hydrogens is 93.9 g/mol. The van der Waals surface area contributed by atoms with Crippen LogP contribution in [0.15, 0.2) is 0 Å². The Morgan fingerprint density at radius 3 is 1.00 bits per heavy atom. The molecule has 0 aromatic carbocycles. The van der Waals surface area contributed by atoms with E-state index < -0.39 is 7.32 Å². The molecule has 0 saturated carbocycles. The summed E-state index contributed by atoms with van der Waals surface area (Å²) in [6.45, 7) is 0. The molecule has 0 spiro atoms. The first-order valence-corrected chi connectivity index (χ1v) is 0.775. The first-order valence-electron chi connectivity index (χ1n) is 0.775. The third-order valence-electron chi connectivity index (χ3n) is 0. The molecule has 0 aliphatic rings. The molecule has 0 rings (SSSR count). The van der Waals surface area contributed by atoms with Gasteiger partial charge in [0.2, 0.25) is 0 Å². The SMILES string of the molecule is B.OB(O)O.[MgH2]. The lowest BCUT2D eigenvalue weighted by atomic mass is 10.3. The van der Waals surface area contributed by atoms with Crippen molar-refractivity contribution < 1.29 is 15.1 Å². The smallest absolute Gasteiger partial charge is 0.402 e. The van der Waals surface area contributed by atoms with Crippen molar-refractivity contribution in [3.05, 3.63) is 0 Å². The summed E-state index contributed by atoms with van der Waals surface area (Å²) in [5.74, 6) is 0. The van der Waals surface area contributed by atoms with Gasteiger partial charge < -0.3 is 15.1 Å². The van der Waals surface area contributed by atoms with Crippen molar-refractivity contribution in [2.24, 2.45) is 0 Å². The fourth-order valence-corrected chi connectivity index (χ4v) is 0. The molecule has 0 atom stereocenters. The lowest BCUT2D eigenvalue weighted by molar-refractivity contribution is 0.278. The number of hydrogen-bond donors (Lipinski definition) is 3. The van der Waals surface area contributed by atoms with Crippen LogP contribution in [0.25, 0.3) is 0 Å². The van der Waals surface area contributed by atoms with E-state index in [1.165, 1.54) is 0 Å². The van der Waals surface area contributed by atoms with Crippen LogP contribution in [0, 0.1) is 0 Å². The molecule has 0 aliphatic heterocycles. The van der Waals surface area contributed by atoms with E-state index in [0.29, 0.717) is 0 Å². The maximum atomic E-state index is 7.17. The van der Waals surface area contributed by atoms with Crippen LogP contribution in [0.5, 0.6) is 0 Å². The Bertz CT molecular complexity index is 13.5. The second kappa shape index (κ2) is 9.24. The van der Waals surface area contributed by atoms with Crippen molar-refractivity contribution in [1.29, 1.82) is 0 Å². The molecule has 0 unspecified atom stereocenters. The van der Waals surface area contributed by atoms with Crippen LogP contribution in [0.4, 0.5) is 0 Å². The van der Waals surface area contributed by atoms with Crippen LogP contribution in [-0.4, -0.2) is 53.9 Å². The van der Waals surface area contributed by atoms with E-state index in [2.05, 4.69) is 0 Å². The van der Waals surface area contributed by atoms with Gasteiger partial charge >= 0.3 is 30.4 Å². The third kappa shape index (κ3) is 113. The minimum absolute atomic E-state index is 0. The third-order valence-corrected chi connectivity index (χ3v) is 0. The lowest BCUT2D eigenvalue weighted by Crippen LogP contribution is -2.07. The summed E-state index contributed by atoms with van der Waals surface area (Å²) in [6.07, 6.45) is 0. The summed E-state index contributed by atoms with van der Waals surface area (Å²) in [7, 11) is -2.17. The molecule has 0 amide bonds. The fourth-order valence-electron chi connectivity index (χ4n) is 0. The van der Waals surface area contributed by atoms with Crippen molar-refractivity contribution in [2.75, 3.05) is 0 Å². The van der Waals surface area contributed by atoms with Crippen molar-refractivity contribution in [2.45, 2.75) is 0 Å². The summed E-state index contributed by atoms with van der Waals surface area (Å²) < 4.78 is 0. The van der Waals surface area contributed by atoms with Gasteiger partial charge in [0.15, 0.2) is 0 Å². The van der Waals surface area contributed by atoms with E-state index in [4.69, 9.17) is 15.1 Å². The zero-order valence-electron chi connectivity index (χ0n) is 1.92. The van der Waals surface area contributed by atoms with Crippen LogP contribution in [0.2, 0.25) is 0 Å². The average Bonchev–Trinajstić information content (AvgIpc) is 0.811. The Morgan fingerprint density at radius 2 is 1.00 bits per heavy atom. The molecule has 0 bridgehead atoms. The predicted octanol–water partition coefficient (Wildman–Crippen LogP) is -4.15. The van der Waals surface area contributed by atoms with Gasteiger partial charge in [0.05, 0.1) is 8.41 Å². The van der Waals surface area contributed by atoms with E-state index in [-0.39, 0.29) is 31.5 Å². The topological polar surface area (TPSA) is 60.7 Å². The minimum Gasteiger partial charge on any atom is -0.402 e. The van der Waals surface area contributed by atoms with Gasteiger partial charge in [-0.1, -0.05) is 0 Å². The summed E-state index contributed by atoms with van der Waals surface area (Å²) in [5, 5.41) is 21.5. The van der Waals surface area contributed by atoms with Gasteiger partial charge in [0, 0.05) is 0 Å². The van der Waals surface area contributed by atoms with E-state index >= 15 is 0 Å². The number of hydrogen-bond acceptors (Lipinski definition) is 3. The maximum Gasteiger partial charge on any atom is 0.631 e. The Balaban J connectivity index is -0.0000000450. The molecule has 3 nitrogen and oxygen atoms in total. The van der Waals surface area contributed by atoms with Gasteiger partial charge in [-0.15, -0.1) is 0 Å². The first kappa shape index (κ1) is 15.9. The molecule has 6 heavy (non-hydrogen) atoms. The molecule has 0 aromatic rings. The quantitative estimate of drug-likeness (QED) is 0.272. The summed E-state index contributed by atoms with van der Waals surface area (Å²) in [4.78, 5) is 0. The fraction of sp³-hybridized carbons (Fsp3) is 0. The lowest BCUT2D eigenvalue weighted by Gasteiger charge is -1.69. The van der Waals surface area contributed by atoms with Crippen LogP contribution < -0.4 is 0 Å². The second-order valence-corrected chi connectivity index (χ2v) is 0.346. The monoisotopic (exact) mass is 102 g/mol. The molecule has 0 fully saturated rings. The van der Waals surface area contributed by atoms with Gasteiger partial charge in [-0.2, -0.15) is 0 Å². The van der Waals surface area contributed by atoms with Gasteiger partial charge in [-0.25, -0.2) is 0 Å². The Hall–Kier alpha value is 0.776. The Morgan fingerprint density at radius 1 is 1.00 bits per heavy atom. The molecular formula is H8B2MgO3. The molecule has 6 heteroatoms. The molecule has 3 N–H and O–H groups in total.